The van der Waals surface area contributed by atoms with Crippen molar-refractivity contribution >= 4 is 15.9 Å². The van der Waals surface area contributed by atoms with Gasteiger partial charge in [0, 0.05) is 10.7 Å². The summed E-state index contributed by atoms with van der Waals surface area (Å²) < 4.78 is 0. The molecule has 0 radical (unpaired) electrons. The molecule has 4 aliphatic rings. The van der Waals surface area contributed by atoms with E-state index in [1.54, 1.807) is 0 Å². The number of rotatable bonds is 1. The minimum Gasteiger partial charge on any atom is -0.0919 e. The second-order valence-electron chi connectivity index (χ2n) is 8.45. The van der Waals surface area contributed by atoms with E-state index in [1.165, 1.54) is 63.1 Å². The summed E-state index contributed by atoms with van der Waals surface area (Å²) in [6.07, 6.45) is 18.5. The lowest BCUT2D eigenvalue weighted by Gasteiger charge is -2.60. The highest BCUT2D eigenvalue weighted by Gasteiger charge is 2.57. The van der Waals surface area contributed by atoms with Crippen molar-refractivity contribution in [2.24, 2.45) is 34.5 Å². The van der Waals surface area contributed by atoms with Crippen LogP contribution in [0.25, 0.3) is 0 Å². The standard InChI is InChI=1S/C19H29Br/c1-18-10-3-2-5-14(18)7-8-15-16(18)9-12-19(13-20)11-4-6-17(15)19/h4,11,14-17H,2-3,5-10,12-13H2,1H3/t14-,15-,16+,17+,18+,19+/m1/s1. The molecule has 0 N–H and O–H groups in total. The Hall–Kier alpha value is 0.220. The first kappa shape index (κ1) is 13.9. The van der Waals surface area contributed by atoms with Gasteiger partial charge in [0.05, 0.1) is 0 Å². The van der Waals surface area contributed by atoms with Gasteiger partial charge in [0.1, 0.15) is 0 Å². The molecule has 6 atom stereocenters. The van der Waals surface area contributed by atoms with Crippen LogP contribution in [-0.2, 0) is 0 Å². The number of hydrogen-bond acceptors (Lipinski definition) is 0. The van der Waals surface area contributed by atoms with Gasteiger partial charge in [0.2, 0.25) is 0 Å². The highest BCUT2D eigenvalue weighted by Crippen LogP contribution is 2.65. The fourth-order valence-electron chi connectivity index (χ4n) is 6.81. The van der Waals surface area contributed by atoms with E-state index in [4.69, 9.17) is 0 Å². The summed E-state index contributed by atoms with van der Waals surface area (Å²) in [5.41, 5.74) is 1.22. The van der Waals surface area contributed by atoms with E-state index in [0.29, 0.717) is 10.8 Å². The summed E-state index contributed by atoms with van der Waals surface area (Å²) in [6, 6.07) is 0. The second-order valence-corrected chi connectivity index (χ2v) is 9.01. The van der Waals surface area contributed by atoms with Crippen molar-refractivity contribution in [1.82, 2.24) is 0 Å². The predicted octanol–water partition coefficient (Wildman–Crippen LogP) is 5.96. The topological polar surface area (TPSA) is 0 Å². The molecular formula is C19H29Br. The van der Waals surface area contributed by atoms with Crippen molar-refractivity contribution in [3.63, 3.8) is 0 Å². The monoisotopic (exact) mass is 336 g/mol. The molecule has 20 heavy (non-hydrogen) atoms. The van der Waals surface area contributed by atoms with Crippen molar-refractivity contribution in [2.75, 3.05) is 5.33 Å². The zero-order valence-corrected chi connectivity index (χ0v) is 14.5. The van der Waals surface area contributed by atoms with Gasteiger partial charge in [-0.2, -0.15) is 0 Å². The molecule has 0 aliphatic heterocycles. The third-order valence-corrected chi connectivity index (χ3v) is 8.97. The Labute approximate surface area is 132 Å². The molecule has 0 nitrogen and oxygen atoms in total. The van der Waals surface area contributed by atoms with Crippen LogP contribution in [-0.4, -0.2) is 5.33 Å². The SMILES string of the molecule is C[C@]12CCCC[C@@H]1CC[C@H]1[C@@H]3CC=C[C@@]3(CBr)CC[C@@H]12. The third-order valence-electron chi connectivity index (χ3n) is 7.93. The van der Waals surface area contributed by atoms with Gasteiger partial charge >= 0.3 is 0 Å². The van der Waals surface area contributed by atoms with Crippen molar-refractivity contribution in [2.45, 2.75) is 64.7 Å². The number of hydrogen-bond donors (Lipinski definition) is 0. The van der Waals surface area contributed by atoms with Crippen molar-refractivity contribution in [1.29, 1.82) is 0 Å². The highest BCUT2D eigenvalue weighted by atomic mass is 79.9. The van der Waals surface area contributed by atoms with Crippen LogP contribution >= 0.6 is 15.9 Å². The lowest BCUT2D eigenvalue weighted by molar-refractivity contribution is -0.0958. The van der Waals surface area contributed by atoms with Gasteiger partial charge in [-0.05, 0) is 74.0 Å². The average Bonchev–Trinajstić information content (AvgIpc) is 2.91. The Morgan fingerprint density at radius 3 is 2.80 bits per heavy atom. The highest BCUT2D eigenvalue weighted by molar-refractivity contribution is 9.09. The summed E-state index contributed by atoms with van der Waals surface area (Å²) in [5, 5.41) is 1.20. The van der Waals surface area contributed by atoms with Gasteiger partial charge < -0.3 is 0 Å². The molecule has 4 rings (SSSR count). The summed E-state index contributed by atoms with van der Waals surface area (Å²) in [7, 11) is 0. The third kappa shape index (κ3) is 1.77. The minimum atomic E-state index is 0.527. The molecule has 0 aromatic heterocycles. The van der Waals surface area contributed by atoms with Crippen LogP contribution in [0.2, 0.25) is 0 Å². The molecule has 0 aromatic rings. The average molecular weight is 337 g/mol. The number of alkyl halides is 1. The smallest absolute Gasteiger partial charge is 0.0125 e. The van der Waals surface area contributed by atoms with Gasteiger partial charge in [-0.3, -0.25) is 0 Å². The van der Waals surface area contributed by atoms with E-state index in [2.05, 4.69) is 35.0 Å². The van der Waals surface area contributed by atoms with Crippen LogP contribution in [0.4, 0.5) is 0 Å². The zero-order chi connectivity index (χ0) is 13.8. The molecule has 1 heteroatoms. The maximum Gasteiger partial charge on any atom is 0.0125 e. The summed E-state index contributed by atoms with van der Waals surface area (Å²) in [4.78, 5) is 0. The molecule has 0 bridgehead atoms. The van der Waals surface area contributed by atoms with Gasteiger partial charge in [0.15, 0.2) is 0 Å². The van der Waals surface area contributed by atoms with E-state index in [1.807, 2.05) is 0 Å². The summed E-state index contributed by atoms with van der Waals surface area (Å²) >= 11 is 3.86. The first-order valence-corrected chi connectivity index (χ1v) is 10.1. The predicted molar refractivity (Wildman–Crippen MR) is 89.0 cm³/mol. The first-order valence-electron chi connectivity index (χ1n) is 8.93. The van der Waals surface area contributed by atoms with Crippen molar-refractivity contribution < 1.29 is 0 Å². The van der Waals surface area contributed by atoms with Gasteiger partial charge in [0.25, 0.3) is 0 Å². The normalized spacial score (nSPS) is 54.1. The molecule has 0 amide bonds. The molecule has 0 spiro atoms. The first-order chi connectivity index (χ1) is 9.70. The fraction of sp³-hybridized carbons (Fsp3) is 0.895. The summed E-state index contributed by atoms with van der Waals surface area (Å²) in [6.45, 7) is 2.68. The second kappa shape index (κ2) is 4.86. The fourth-order valence-corrected chi connectivity index (χ4v) is 7.70. The maximum absolute atomic E-state index is 3.86. The van der Waals surface area contributed by atoms with Crippen LogP contribution in [0.1, 0.15) is 64.7 Å². The number of halogens is 1. The maximum atomic E-state index is 3.86. The zero-order valence-electron chi connectivity index (χ0n) is 12.9. The summed E-state index contributed by atoms with van der Waals surface area (Å²) in [5.74, 6) is 4.08. The van der Waals surface area contributed by atoms with E-state index < -0.39 is 0 Å². The van der Waals surface area contributed by atoms with Gasteiger partial charge in [-0.1, -0.05) is 47.8 Å². The molecule has 3 fully saturated rings. The Bertz CT molecular complexity index is 414. The van der Waals surface area contributed by atoms with Crippen LogP contribution in [0, 0.1) is 34.5 Å². The molecule has 0 saturated heterocycles. The van der Waals surface area contributed by atoms with Crippen molar-refractivity contribution in [3.05, 3.63) is 12.2 Å². The molecule has 0 heterocycles. The van der Waals surface area contributed by atoms with Crippen LogP contribution < -0.4 is 0 Å². The Balaban J connectivity index is 1.65. The van der Waals surface area contributed by atoms with E-state index in [9.17, 15) is 0 Å². The minimum absolute atomic E-state index is 0.527. The number of allylic oxidation sites excluding steroid dienone is 2. The molecule has 4 aliphatic carbocycles. The molecule has 112 valence electrons. The Kier molecular flexibility index (Phi) is 3.37. The lowest BCUT2D eigenvalue weighted by atomic mass is 9.45. The van der Waals surface area contributed by atoms with E-state index in [-0.39, 0.29) is 0 Å². The van der Waals surface area contributed by atoms with Crippen LogP contribution in [0.3, 0.4) is 0 Å². The molecule has 0 unspecified atom stereocenters. The molecule has 0 aromatic carbocycles. The Morgan fingerprint density at radius 2 is 1.95 bits per heavy atom. The van der Waals surface area contributed by atoms with Gasteiger partial charge in [-0.15, -0.1) is 0 Å². The molecular weight excluding hydrogens is 308 g/mol. The quantitative estimate of drug-likeness (QED) is 0.409. The van der Waals surface area contributed by atoms with Crippen LogP contribution in [0.5, 0.6) is 0 Å². The van der Waals surface area contributed by atoms with E-state index >= 15 is 0 Å². The molecule has 3 saturated carbocycles. The lowest BCUT2D eigenvalue weighted by Crippen LogP contribution is -2.52. The van der Waals surface area contributed by atoms with E-state index in [0.717, 1.165) is 23.7 Å². The van der Waals surface area contributed by atoms with Crippen LogP contribution in [0.15, 0.2) is 12.2 Å². The van der Waals surface area contributed by atoms with Crippen molar-refractivity contribution in [3.8, 4) is 0 Å². The largest absolute Gasteiger partial charge is 0.0919 e. The van der Waals surface area contributed by atoms with Gasteiger partial charge in [-0.25, -0.2) is 0 Å². The Morgan fingerprint density at radius 1 is 1.05 bits per heavy atom. The number of fused-ring (bicyclic) bond motifs is 5.